The van der Waals surface area contributed by atoms with Gasteiger partial charge >= 0.3 is 5.97 Å². The van der Waals surface area contributed by atoms with Gasteiger partial charge in [0.25, 0.3) is 5.91 Å². The molecule has 0 spiro atoms. The first-order chi connectivity index (χ1) is 15.7. The van der Waals surface area contributed by atoms with Crippen LogP contribution in [0.25, 0.3) is 11.1 Å². The summed E-state index contributed by atoms with van der Waals surface area (Å²) < 4.78 is 10.5. The Labute approximate surface area is 187 Å². The van der Waals surface area contributed by atoms with Crippen molar-refractivity contribution in [1.29, 1.82) is 0 Å². The van der Waals surface area contributed by atoms with Gasteiger partial charge in [0, 0.05) is 18.7 Å². The second kappa shape index (κ2) is 10.2. The van der Waals surface area contributed by atoms with Crippen LogP contribution in [0.15, 0.2) is 78.9 Å². The standard InChI is InChI=1S/C26H26N2O4/c1-2-32-26(30)21-13-11-20(12-14-21)22-7-6-8-23(19-22)25(29)28(24-9-4-3-5-10-24)27-15-17-31-18-16-27/h3-14,19H,2,15-18H2,1H3. The number of esters is 1. The quantitative estimate of drug-likeness (QED) is 0.542. The molecule has 1 amide bonds. The van der Waals surface area contributed by atoms with Gasteiger partial charge < -0.3 is 9.47 Å². The monoisotopic (exact) mass is 430 g/mol. The van der Waals surface area contributed by atoms with Crippen molar-refractivity contribution in [1.82, 2.24) is 5.01 Å². The largest absolute Gasteiger partial charge is 0.462 e. The van der Waals surface area contributed by atoms with Crippen LogP contribution in [0.5, 0.6) is 0 Å². The number of amides is 1. The van der Waals surface area contributed by atoms with Gasteiger partial charge in [-0.2, -0.15) is 0 Å². The molecule has 3 aromatic rings. The first-order valence-electron chi connectivity index (χ1n) is 10.8. The Kier molecular flexibility index (Phi) is 6.94. The summed E-state index contributed by atoms with van der Waals surface area (Å²) in [6.45, 7) is 4.59. The molecule has 1 saturated heterocycles. The topological polar surface area (TPSA) is 59.1 Å². The van der Waals surface area contributed by atoms with E-state index in [0.29, 0.717) is 44.0 Å². The van der Waals surface area contributed by atoms with Gasteiger partial charge in [-0.15, -0.1) is 0 Å². The molecule has 6 heteroatoms. The van der Waals surface area contributed by atoms with E-state index >= 15 is 0 Å². The van der Waals surface area contributed by atoms with Gasteiger partial charge in [0.1, 0.15) is 0 Å². The highest BCUT2D eigenvalue weighted by Crippen LogP contribution is 2.25. The fraction of sp³-hybridized carbons (Fsp3) is 0.231. The number of carbonyl (C=O) groups is 2. The fourth-order valence-corrected chi connectivity index (χ4v) is 3.70. The van der Waals surface area contributed by atoms with Gasteiger partial charge in [0.2, 0.25) is 0 Å². The molecule has 0 bridgehead atoms. The highest BCUT2D eigenvalue weighted by atomic mass is 16.5. The minimum absolute atomic E-state index is 0.0944. The predicted octanol–water partition coefficient (Wildman–Crippen LogP) is 4.42. The molecule has 4 rings (SSSR count). The first kappa shape index (κ1) is 21.7. The summed E-state index contributed by atoms with van der Waals surface area (Å²) in [7, 11) is 0. The van der Waals surface area contributed by atoms with Crippen molar-refractivity contribution < 1.29 is 19.1 Å². The Morgan fingerprint density at radius 3 is 2.28 bits per heavy atom. The lowest BCUT2D eigenvalue weighted by molar-refractivity contribution is 0.0300. The summed E-state index contributed by atoms with van der Waals surface area (Å²) in [5.41, 5.74) is 3.74. The number of carbonyl (C=O) groups excluding carboxylic acids is 2. The molecular formula is C26H26N2O4. The van der Waals surface area contributed by atoms with Crippen LogP contribution in [0, 0.1) is 0 Å². The van der Waals surface area contributed by atoms with E-state index in [0.717, 1.165) is 16.8 Å². The Balaban J connectivity index is 1.62. The van der Waals surface area contributed by atoms with E-state index in [2.05, 4.69) is 0 Å². The average molecular weight is 431 g/mol. The number of ether oxygens (including phenoxy) is 2. The Hall–Kier alpha value is -3.48. The van der Waals surface area contributed by atoms with Crippen molar-refractivity contribution in [2.75, 3.05) is 37.9 Å². The van der Waals surface area contributed by atoms with Gasteiger partial charge in [0.15, 0.2) is 0 Å². The Morgan fingerprint density at radius 1 is 0.875 bits per heavy atom. The summed E-state index contributed by atoms with van der Waals surface area (Å²) in [6, 6.07) is 24.4. The maximum Gasteiger partial charge on any atom is 0.338 e. The molecule has 164 valence electrons. The molecule has 0 aromatic heterocycles. The zero-order chi connectivity index (χ0) is 22.3. The lowest BCUT2D eigenvalue weighted by Gasteiger charge is -2.37. The minimum Gasteiger partial charge on any atom is -0.462 e. The van der Waals surface area contributed by atoms with Crippen LogP contribution >= 0.6 is 0 Å². The van der Waals surface area contributed by atoms with Crippen molar-refractivity contribution >= 4 is 17.6 Å². The zero-order valence-corrected chi connectivity index (χ0v) is 18.1. The Bertz CT molecular complexity index is 1060. The number of benzene rings is 3. The molecule has 1 heterocycles. The van der Waals surface area contributed by atoms with Crippen LogP contribution < -0.4 is 5.01 Å². The summed E-state index contributed by atoms with van der Waals surface area (Å²) in [5.74, 6) is -0.435. The minimum atomic E-state index is -0.341. The van der Waals surface area contributed by atoms with Crippen LogP contribution in [0.1, 0.15) is 27.6 Å². The molecular weight excluding hydrogens is 404 g/mol. The molecule has 0 aliphatic carbocycles. The lowest BCUT2D eigenvalue weighted by atomic mass is 10.0. The summed E-state index contributed by atoms with van der Waals surface area (Å²) >= 11 is 0. The number of hydrogen-bond acceptors (Lipinski definition) is 5. The van der Waals surface area contributed by atoms with E-state index in [1.807, 2.05) is 71.7 Å². The number of rotatable bonds is 6. The molecule has 0 N–H and O–H groups in total. The molecule has 0 atom stereocenters. The maximum absolute atomic E-state index is 13.6. The van der Waals surface area contributed by atoms with Crippen molar-refractivity contribution in [3.8, 4) is 11.1 Å². The molecule has 3 aromatic carbocycles. The van der Waals surface area contributed by atoms with Crippen molar-refractivity contribution in [3.05, 3.63) is 90.0 Å². The third-order valence-electron chi connectivity index (χ3n) is 5.30. The van der Waals surface area contributed by atoms with Crippen LogP contribution in [-0.2, 0) is 9.47 Å². The molecule has 0 unspecified atom stereocenters. The number of para-hydroxylation sites is 1. The van der Waals surface area contributed by atoms with E-state index in [1.165, 1.54) is 0 Å². The van der Waals surface area contributed by atoms with Gasteiger partial charge in [-0.25, -0.2) is 14.8 Å². The fourth-order valence-electron chi connectivity index (χ4n) is 3.70. The number of anilines is 1. The molecule has 0 saturated carbocycles. The molecule has 6 nitrogen and oxygen atoms in total. The summed E-state index contributed by atoms with van der Waals surface area (Å²) in [5, 5.41) is 3.77. The van der Waals surface area contributed by atoms with Crippen molar-refractivity contribution in [3.63, 3.8) is 0 Å². The average Bonchev–Trinajstić information content (AvgIpc) is 2.86. The van der Waals surface area contributed by atoms with E-state index in [1.54, 1.807) is 24.1 Å². The zero-order valence-electron chi connectivity index (χ0n) is 18.1. The number of hydrogen-bond donors (Lipinski definition) is 0. The second-order valence-corrected chi connectivity index (χ2v) is 7.40. The molecule has 1 fully saturated rings. The van der Waals surface area contributed by atoms with Crippen LogP contribution in [0.3, 0.4) is 0 Å². The van der Waals surface area contributed by atoms with Crippen LogP contribution in [0.4, 0.5) is 5.69 Å². The van der Waals surface area contributed by atoms with E-state index in [-0.39, 0.29) is 11.9 Å². The lowest BCUT2D eigenvalue weighted by Crippen LogP contribution is -2.52. The molecule has 1 aliphatic heterocycles. The van der Waals surface area contributed by atoms with E-state index < -0.39 is 0 Å². The third-order valence-corrected chi connectivity index (χ3v) is 5.30. The van der Waals surface area contributed by atoms with Crippen molar-refractivity contribution in [2.24, 2.45) is 0 Å². The number of hydrazine groups is 1. The molecule has 32 heavy (non-hydrogen) atoms. The maximum atomic E-state index is 13.6. The van der Waals surface area contributed by atoms with Gasteiger partial charge in [-0.1, -0.05) is 42.5 Å². The highest BCUT2D eigenvalue weighted by Gasteiger charge is 2.26. The van der Waals surface area contributed by atoms with Crippen LogP contribution in [-0.4, -0.2) is 49.8 Å². The van der Waals surface area contributed by atoms with E-state index in [4.69, 9.17) is 9.47 Å². The van der Waals surface area contributed by atoms with Gasteiger partial charge in [-0.3, -0.25) is 4.79 Å². The Morgan fingerprint density at radius 2 is 1.59 bits per heavy atom. The predicted molar refractivity (Wildman–Crippen MR) is 123 cm³/mol. The summed E-state index contributed by atoms with van der Waals surface area (Å²) in [4.78, 5) is 25.5. The first-order valence-corrected chi connectivity index (χ1v) is 10.8. The SMILES string of the molecule is CCOC(=O)c1ccc(-c2cccc(C(=O)N(c3ccccc3)N3CCOCC3)c2)cc1. The van der Waals surface area contributed by atoms with Gasteiger partial charge in [-0.05, 0) is 54.4 Å². The number of nitrogens with zero attached hydrogens (tertiary/aromatic N) is 2. The van der Waals surface area contributed by atoms with Crippen LogP contribution in [0.2, 0.25) is 0 Å². The third kappa shape index (κ3) is 4.88. The normalized spacial score (nSPS) is 14.0. The van der Waals surface area contributed by atoms with Gasteiger partial charge in [0.05, 0.1) is 31.1 Å². The smallest absolute Gasteiger partial charge is 0.338 e. The molecule has 0 radical (unpaired) electrons. The van der Waals surface area contributed by atoms with E-state index in [9.17, 15) is 9.59 Å². The number of morpholine rings is 1. The molecule has 1 aliphatic rings. The highest BCUT2D eigenvalue weighted by molar-refractivity contribution is 6.06. The summed E-state index contributed by atoms with van der Waals surface area (Å²) in [6.07, 6.45) is 0. The second-order valence-electron chi connectivity index (χ2n) is 7.40. The van der Waals surface area contributed by atoms with Crippen molar-refractivity contribution in [2.45, 2.75) is 6.92 Å².